The van der Waals surface area contributed by atoms with E-state index in [1.54, 1.807) is 0 Å². The SMILES string of the molecule is OCC1(NCCN2CCCOCC2)CCOc2ccccc21. The maximum atomic E-state index is 10.0. The van der Waals surface area contributed by atoms with Gasteiger partial charge in [-0.1, -0.05) is 18.2 Å². The number of ether oxygens (including phenoxy) is 2. The van der Waals surface area contributed by atoms with E-state index in [9.17, 15) is 5.11 Å². The minimum absolute atomic E-state index is 0.0937. The predicted molar refractivity (Wildman–Crippen MR) is 85.2 cm³/mol. The summed E-state index contributed by atoms with van der Waals surface area (Å²) in [4.78, 5) is 2.43. The third kappa shape index (κ3) is 3.43. The summed E-state index contributed by atoms with van der Waals surface area (Å²) in [7, 11) is 0. The van der Waals surface area contributed by atoms with Gasteiger partial charge in [-0.15, -0.1) is 0 Å². The monoisotopic (exact) mass is 306 g/mol. The summed E-state index contributed by atoms with van der Waals surface area (Å²) in [6.07, 6.45) is 1.89. The number of nitrogens with one attached hydrogen (secondary N) is 1. The molecule has 0 saturated carbocycles. The van der Waals surface area contributed by atoms with Crippen LogP contribution < -0.4 is 10.1 Å². The van der Waals surface area contributed by atoms with Gasteiger partial charge >= 0.3 is 0 Å². The van der Waals surface area contributed by atoms with E-state index >= 15 is 0 Å². The van der Waals surface area contributed by atoms with Crippen molar-refractivity contribution >= 4 is 0 Å². The van der Waals surface area contributed by atoms with Gasteiger partial charge in [0.25, 0.3) is 0 Å². The fraction of sp³-hybridized carbons (Fsp3) is 0.647. The van der Waals surface area contributed by atoms with Crippen LogP contribution in [-0.2, 0) is 10.3 Å². The lowest BCUT2D eigenvalue weighted by atomic mass is 9.85. The van der Waals surface area contributed by atoms with E-state index in [2.05, 4.69) is 16.3 Å². The number of nitrogens with zero attached hydrogens (tertiary/aromatic N) is 1. The first-order valence-corrected chi connectivity index (χ1v) is 8.22. The molecule has 0 aliphatic carbocycles. The molecule has 5 heteroatoms. The van der Waals surface area contributed by atoms with Gasteiger partial charge in [-0.25, -0.2) is 0 Å². The van der Waals surface area contributed by atoms with Crippen LogP contribution in [0.1, 0.15) is 18.4 Å². The zero-order chi connectivity index (χ0) is 15.3. The fourth-order valence-corrected chi connectivity index (χ4v) is 3.34. The topological polar surface area (TPSA) is 54.0 Å². The van der Waals surface area contributed by atoms with Crippen LogP contribution in [0.25, 0.3) is 0 Å². The van der Waals surface area contributed by atoms with Crippen LogP contribution in [0, 0.1) is 0 Å². The number of hydrogen-bond donors (Lipinski definition) is 2. The first kappa shape index (κ1) is 15.7. The third-order valence-electron chi connectivity index (χ3n) is 4.67. The Bertz CT molecular complexity index is 475. The Kier molecular flexibility index (Phi) is 5.31. The van der Waals surface area contributed by atoms with Crippen molar-refractivity contribution < 1.29 is 14.6 Å². The summed E-state index contributed by atoms with van der Waals surface area (Å²) in [5, 5.41) is 13.6. The zero-order valence-corrected chi connectivity index (χ0v) is 13.1. The Labute approximate surface area is 132 Å². The highest BCUT2D eigenvalue weighted by atomic mass is 16.5. The van der Waals surface area contributed by atoms with Gasteiger partial charge in [0, 0.05) is 44.8 Å². The standard InChI is InChI=1S/C17H26N2O3/c20-14-17(6-12-22-16-5-2-1-4-15(16)17)18-7-9-19-8-3-11-21-13-10-19/h1-2,4-5,18,20H,3,6-14H2. The second kappa shape index (κ2) is 7.42. The molecule has 3 rings (SSSR count). The quantitative estimate of drug-likeness (QED) is 0.849. The molecule has 1 aromatic rings. The fourth-order valence-electron chi connectivity index (χ4n) is 3.34. The molecule has 2 aliphatic rings. The molecule has 0 bridgehead atoms. The van der Waals surface area contributed by atoms with Crippen molar-refractivity contribution in [3.8, 4) is 5.75 Å². The van der Waals surface area contributed by atoms with Crippen LogP contribution in [0.15, 0.2) is 24.3 Å². The summed E-state index contributed by atoms with van der Waals surface area (Å²) in [6, 6.07) is 8.01. The van der Waals surface area contributed by atoms with Gasteiger partial charge in [-0.2, -0.15) is 0 Å². The maximum absolute atomic E-state index is 10.0. The summed E-state index contributed by atoms with van der Waals surface area (Å²) in [5.74, 6) is 0.887. The van der Waals surface area contributed by atoms with Crippen molar-refractivity contribution in [3.05, 3.63) is 29.8 Å². The lowest BCUT2D eigenvalue weighted by molar-refractivity contribution is 0.103. The van der Waals surface area contributed by atoms with Gasteiger partial charge in [-0.3, -0.25) is 4.90 Å². The lowest BCUT2D eigenvalue weighted by Crippen LogP contribution is -2.51. The lowest BCUT2D eigenvalue weighted by Gasteiger charge is -2.39. The van der Waals surface area contributed by atoms with E-state index in [-0.39, 0.29) is 12.1 Å². The Morgan fingerprint density at radius 3 is 3.00 bits per heavy atom. The average Bonchev–Trinajstić information content (AvgIpc) is 2.84. The Morgan fingerprint density at radius 1 is 1.18 bits per heavy atom. The molecule has 0 aromatic heterocycles. The van der Waals surface area contributed by atoms with Crippen LogP contribution in [0.2, 0.25) is 0 Å². The van der Waals surface area contributed by atoms with Gasteiger partial charge in [0.15, 0.2) is 0 Å². The molecular weight excluding hydrogens is 280 g/mol. The first-order valence-electron chi connectivity index (χ1n) is 8.22. The van der Waals surface area contributed by atoms with Crippen LogP contribution >= 0.6 is 0 Å². The largest absolute Gasteiger partial charge is 0.493 e. The van der Waals surface area contributed by atoms with E-state index in [0.717, 1.165) is 63.5 Å². The molecule has 1 fully saturated rings. The predicted octanol–water partition coefficient (Wildman–Crippen LogP) is 0.969. The van der Waals surface area contributed by atoms with Crippen LogP contribution in [0.4, 0.5) is 0 Å². The first-order chi connectivity index (χ1) is 10.8. The highest BCUT2D eigenvalue weighted by Gasteiger charge is 2.36. The molecule has 122 valence electrons. The van der Waals surface area contributed by atoms with Crippen molar-refractivity contribution in [2.75, 3.05) is 52.6 Å². The number of rotatable bonds is 5. The van der Waals surface area contributed by atoms with Gasteiger partial charge in [0.05, 0.1) is 25.4 Å². The van der Waals surface area contributed by atoms with E-state index in [1.165, 1.54) is 0 Å². The van der Waals surface area contributed by atoms with E-state index < -0.39 is 0 Å². The minimum Gasteiger partial charge on any atom is -0.493 e. The highest BCUT2D eigenvalue weighted by molar-refractivity contribution is 5.41. The van der Waals surface area contributed by atoms with E-state index in [1.807, 2.05) is 18.2 Å². The van der Waals surface area contributed by atoms with Gasteiger partial charge in [0.2, 0.25) is 0 Å². The highest BCUT2D eigenvalue weighted by Crippen LogP contribution is 2.36. The second-order valence-electron chi connectivity index (χ2n) is 6.07. The number of hydrogen-bond acceptors (Lipinski definition) is 5. The number of fused-ring (bicyclic) bond motifs is 1. The number of aliphatic hydroxyl groups excluding tert-OH is 1. The van der Waals surface area contributed by atoms with Crippen molar-refractivity contribution in [2.24, 2.45) is 0 Å². The van der Waals surface area contributed by atoms with Gasteiger partial charge in [0.1, 0.15) is 5.75 Å². The van der Waals surface area contributed by atoms with Crippen LogP contribution in [-0.4, -0.2) is 62.6 Å². The zero-order valence-electron chi connectivity index (χ0n) is 13.1. The summed E-state index contributed by atoms with van der Waals surface area (Å²) < 4.78 is 11.2. The van der Waals surface area contributed by atoms with Crippen molar-refractivity contribution in [1.82, 2.24) is 10.2 Å². The molecule has 1 unspecified atom stereocenters. The molecule has 1 saturated heterocycles. The van der Waals surface area contributed by atoms with E-state index in [0.29, 0.717) is 6.61 Å². The summed E-state index contributed by atoms with van der Waals surface area (Å²) >= 11 is 0. The molecule has 1 atom stereocenters. The molecule has 2 aliphatic heterocycles. The minimum atomic E-state index is -0.378. The maximum Gasteiger partial charge on any atom is 0.124 e. The Hall–Kier alpha value is -1.14. The van der Waals surface area contributed by atoms with Crippen molar-refractivity contribution in [1.29, 1.82) is 0 Å². The molecular formula is C17H26N2O3. The van der Waals surface area contributed by atoms with Crippen LogP contribution in [0.5, 0.6) is 5.75 Å². The van der Waals surface area contributed by atoms with Crippen LogP contribution in [0.3, 0.4) is 0 Å². The molecule has 0 amide bonds. The average molecular weight is 306 g/mol. The molecule has 0 radical (unpaired) electrons. The van der Waals surface area contributed by atoms with Gasteiger partial charge < -0.3 is 19.9 Å². The van der Waals surface area contributed by atoms with Crippen molar-refractivity contribution in [3.63, 3.8) is 0 Å². The van der Waals surface area contributed by atoms with Crippen molar-refractivity contribution in [2.45, 2.75) is 18.4 Å². The summed E-state index contributed by atoms with van der Waals surface area (Å²) in [5.41, 5.74) is 0.694. The second-order valence-corrected chi connectivity index (χ2v) is 6.07. The molecule has 22 heavy (non-hydrogen) atoms. The van der Waals surface area contributed by atoms with Gasteiger partial charge in [-0.05, 0) is 12.5 Å². The number of para-hydroxylation sites is 1. The smallest absolute Gasteiger partial charge is 0.124 e. The molecule has 2 heterocycles. The molecule has 1 aromatic carbocycles. The third-order valence-corrected chi connectivity index (χ3v) is 4.67. The van der Waals surface area contributed by atoms with E-state index in [4.69, 9.17) is 9.47 Å². The molecule has 2 N–H and O–H groups in total. The number of aliphatic hydroxyl groups is 1. The normalized spacial score (nSPS) is 26.0. The summed E-state index contributed by atoms with van der Waals surface area (Å²) in [6.45, 7) is 6.35. The Balaban J connectivity index is 1.62. The molecule has 0 spiro atoms. The number of benzene rings is 1. The molecule has 5 nitrogen and oxygen atoms in total. The Morgan fingerprint density at radius 2 is 2.09 bits per heavy atom.